The molecule has 194 valence electrons. The van der Waals surface area contributed by atoms with Gasteiger partial charge in [-0.25, -0.2) is 22.9 Å². The molecule has 1 N–H and O–H groups in total. The molecule has 1 saturated carbocycles. The van der Waals surface area contributed by atoms with Crippen LogP contribution in [0.2, 0.25) is 0 Å². The van der Waals surface area contributed by atoms with Gasteiger partial charge in [0, 0.05) is 24.8 Å². The van der Waals surface area contributed by atoms with Gasteiger partial charge in [0.2, 0.25) is 17.8 Å². The molecule has 2 aliphatic rings. The van der Waals surface area contributed by atoms with Gasteiger partial charge in [-0.05, 0) is 38.3 Å². The molecule has 1 aromatic carbocycles. The lowest BCUT2D eigenvalue weighted by Crippen LogP contribution is -2.48. The van der Waals surface area contributed by atoms with E-state index < -0.39 is 66.5 Å². The number of pyridine rings is 1. The minimum absolute atomic E-state index is 0.106. The molecule has 36 heavy (non-hydrogen) atoms. The van der Waals surface area contributed by atoms with Gasteiger partial charge in [0.15, 0.2) is 0 Å². The third-order valence-electron chi connectivity index (χ3n) is 6.32. The summed E-state index contributed by atoms with van der Waals surface area (Å²) in [5.74, 6) is -4.93. The van der Waals surface area contributed by atoms with E-state index in [0.717, 1.165) is 4.90 Å². The van der Waals surface area contributed by atoms with E-state index in [-0.39, 0.29) is 24.2 Å². The number of alkyl halides is 3. The van der Waals surface area contributed by atoms with Gasteiger partial charge >= 0.3 is 6.09 Å². The summed E-state index contributed by atoms with van der Waals surface area (Å²) in [6, 6.07) is 9.53. The number of halogens is 4. The molecule has 0 radical (unpaired) electrons. The fraction of sp³-hybridized carbons (Fsp3) is 0.500. The van der Waals surface area contributed by atoms with Crippen LogP contribution in [0.15, 0.2) is 42.5 Å². The molecule has 0 bridgehead atoms. The van der Waals surface area contributed by atoms with Crippen molar-refractivity contribution in [3.63, 3.8) is 0 Å². The van der Waals surface area contributed by atoms with E-state index in [1.165, 1.54) is 12.1 Å². The average molecular weight is 508 g/mol. The highest BCUT2D eigenvalue weighted by atomic mass is 19.3. The Kier molecular flexibility index (Phi) is 6.99. The zero-order chi connectivity index (χ0) is 26.3. The average Bonchev–Trinajstić information content (AvgIpc) is 3.17. The second kappa shape index (κ2) is 9.71. The van der Waals surface area contributed by atoms with Crippen LogP contribution in [0, 0.1) is 5.95 Å². The Bertz CT molecular complexity index is 1120. The largest absolute Gasteiger partial charge is 0.444 e. The number of hydrogen-bond donors (Lipinski definition) is 1. The Morgan fingerprint density at radius 1 is 1.14 bits per heavy atom. The molecule has 6 nitrogen and oxygen atoms in total. The first kappa shape index (κ1) is 25.9. The molecule has 1 aliphatic carbocycles. The number of ether oxygens (including phenoxy) is 1. The first-order valence-electron chi connectivity index (χ1n) is 11.9. The summed E-state index contributed by atoms with van der Waals surface area (Å²) < 4.78 is 61.0. The minimum Gasteiger partial charge on any atom is -0.444 e. The van der Waals surface area contributed by atoms with Crippen LogP contribution in [-0.4, -0.2) is 52.2 Å². The SMILES string of the molecule is CC(C)(C)OC(=O)N1CC(F)CC1C(=O)N[C@@H](c1ccccc1)c1ccc(C2CC(F)(F)C2)c(F)n1. The second-order valence-electron chi connectivity index (χ2n) is 10.4. The van der Waals surface area contributed by atoms with Crippen LogP contribution in [0.1, 0.15) is 68.8 Å². The predicted molar refractivity (Wildman–Crippen MR) is 124 cm³/mol. The summed E-state index contributed by atoms with van der Waals surface area (Å²) in [6.45, 7) is 4.73. The maximum atomic E-state index is 14.9. The molecule has 10 heteroatoms. The molecule has 3 atom stereocenters. The topological polar surface area (TPSA) is 71.5 Å². The number of carbonyl (C=O) groups is 2. The smallest absolute Gasteiger partial charge is 0.411 e. The molecule has 2 amide bonds. The van der Waals surface area contributed by atoms with Gasteiger partial charge in [-0.15, -0.1) is 0 Å². The highest BCUT2D eigenvalue weighted by Crippen LogP contribution is 2.48. The summed E-state index contributed by atoms with van der Waals surface area (Å²) >= 11 is 0. The number of hydrogen-bond acceptors (Lipinski definition) is 4. The number of nitrogens with one attached hydrogen (secondary N) is 1. The number of rotatable bonds is 5. The summed E-state index contributed by atoms with van der Waals surface area (Å²) in [5.41, 5.74) is 0.0157. The van der Waals surface area contributed by atoms with Gasteiger partial charge < -0.3 is 10.1 Å². The number of likely N-dealkylation sites (tertiary alicyclic amines) is 1. The second-order valence-corrected chi connectivity index (χ2v) is 10.4. The number of aromatic nitrogens is 1. The van der Waals surface area contributed by atoms with E-state index in [0.29, 0.717) is 5.56 Å². The van der Waals surface area contributed by atoms with Crippen molar-refractivity contribution < 1.29 is 31.9 Å². The van der Waals surface area contributed by atoms with E-state index in [2.05, 4.69) is 10.3 Å². The summed E-state index contributed by atoms with van der Waals surface area (Å²) in [5, 5.41) is 2.77. The van der Waals surface area contributed by atoms with Gasteiger partial charge in [-0.2, -0.15) is 4.39 Å². The number of carbonyl (C=O) groups excluding carboxylic acids is 2. The van der Waals surface area contributed by atoms with Crippen molar-refractivity contribution in [2.45, 2.75) is 75.7 Å². The fourth-order valence-electron chi connectivity index (χ4n) is 4.57. The molecule has 1 aliphatic heterocycles. The Balaban J connectivity index is 1.58. The molecule has 2 fully saturated rings. The number of benzene rings is 1. The van der Waals surface area contributed by atoms with E-state index in [4.69, 9.17) is 4.74 Å². The summed E-state index contributed by atoms with van der Waals surface area (Å²) in [7, 11) is 0. The molecule has 0 spiro atoms. The molecular formula is C26H29F4N3O3. The minimum atomic E-state index is -2.80. The van der Waals surface area contributed by atoms with Crippen molar-refractivity contribution in [3.05, 3.63) is 65.2 Å². The highest BCUT2D eigenvalue weighted by Gasteiger charge is 2.47. The van der Waals surface area contributed by atoms with Crippen LogP contribution in [0.5, 0.6) is 0 Å². The van der Waals surface area contributed by atoms with E-state index in [9.17, 15) is 27.2 Å². The van der Waals surface area contributed by atoms with Crippen LogP contribution >= 0.6 is 0 Å². The monoisotopic (exact) mass is 507 g/mol. The molecular weight excluding hydrogens is 478 g/mol. The molecule has 2 heterocycles. The molecule has 4 rings (SSSR count). The van der Waals surface area contributed by atoms with Crippen molar-refractivity contribution in [3.8, 4) is 0 Å². The normalized spacial score (nSPS) is 22.6. The first-order chi connectivity index (χ1) is 16.8. The molecule has 1 saturated heterocycles. The highest BCUT2D eigenvalue weighted by molar-refractivity contribution is 5.87. The van der Waals surface area contributed by atoms with Gasteiger partial charge in [-0.3, -0.25) is 9.69 Å². The maximum Gasteiger partial charge on any atom is 0.411 e. The lowest BCUT2D eigenvalue weighted by Gasteiger charge is -2.35. The summed E-state index contributed by atoms with van der Waals surface area (Å²) in [6.07, 6.45) is -3.28. The molecule has 1 aromatic heterocycles. The van der Waals surface area contributed by atoms with Crippen LogP contribution < -0.4 is 5.32 Å². The lowest BCUT2D eigenvalue weighted by molar-refractivity contribution is -0.126. The van der Waals surface area contributed by atoms with Crippen molar-refractivity contribution in [2.75, 3.05) is 6.54 Å². The Hall–Kier alpha value is -3.17. The molecule has 2 unspecified atom stereocenters. The zero-order valence-electron chi connectivity index (χ0n) is 20.3. The third-order valence-corrected chi connectivity index (χ3v) is 6.32. The quantitative estimate of drug-likeness (QED) is 0.441. The fourth-order valence-corrected chi connectivity index (χ4v) is 4.57. The van der Waals surface area contributed by atoms with Gasteiger partial charge in [0.05, 0.1) is 18.3 Å². The van der Waals surface area contributed by atoms with Crippen LogP contribution in [0.3, 0.4) is 0 Å². The third kappa shape index (κ3) is 5.79. The Morgan fingerprint density at radius 2 is 1.81 bits per heavy atom. The standard InChI is InChI=1S/C26H29F4N3O3/c1-25(2,3)36-24(35)33-14-17(27)11-20(33)23(34)32-21(15-7-5-4-6-8-15)19-10-9-18(22(28)31-19)16-12-26(29,30)13-16/h4-10,16-17,20-21H,11-14H2,1-3H3,(H,32,34)/t17?,20?,21-/m0/s1. The van der Waals surface area contributed by atoms with Crippen molar-refractivity contribution in [1.29, 1.82) is 0 Å². The van der Waals surface area contributed by atoms with Crippen LogP contribution in [-0.2, 0) is 9.53 Å². The zero-order valence-corrected chi connectivity index (χ0v) is 20.3. The van der Waals surface area contributed by atoms with Crippen molar-refractivity contribution in [1.82, 2.24) is 15.2 Å². The Labute approximate surface area is 207 Å². The van der Waals surface area contributed by atoms with Crippen molar-refractivity contribution >= 4 is 12.0 Å². The summed E-state index contributed by atoms with van der Waals surface area (Å²) in [4.78, 5) is 30.9. The van der Waals surface area contributed by atoms with Gasteiger partial charge in [0.25, 0.3) is 0 Å². The van der Waals surface area contributed by atoms with Crippen LogP contribution in [0.4, 0.5) is 22.4 Å². The predicted octanol–water partition coefficient (Wildman–Crippen LogP) is 5.29. The van der Waals surface area contributed by atoms with E-state index >= 15 is 0 Å². The first-order valence-corrected chi connectivity index (χ1v) is 11.9. The van der Waals surface area contributed by atoms with E-state index in [1.807, 2.05) is 0 Å². The molecule has 2 aromatic rings. The maximum absolute atomic E-state index is 14.9. The van der Waals surface area contributed by atoms with Crippen LogP contribution in [0.25, 0.3) is 0 Å². The number of nitrogens with zero attached hydrogens (tertiary/aromatic N) is 2. The lowest BCUT2D eigenvalue weighted by atomic mass is 9.77. The number of amides is 2. The van der Waals surface area contributed by atoms with Gasteiger partial charge in [-0.1, -0.05) is 36.4 Å². The van der Waals surface area contributed by atoms with Crippen molar-refractivity contribution in [2.24, 2.45) is 0 Å². The van der Waals surface area contributed by atoms with Gasteiger partial charge in [0.1, 0.15) is 17.8 Å². The Morgan fingerprint density at radius 3 is 2.39 bits per heavy atom. The van der Waals surface area contributed by atoms with E-state index in [1.54, 1.807) is 51.1 Å².